The van der Waals surface area contributed by atoms with Crippen LogP contribution in [0.4, 0.5) is 4.39 Å². The number of rotatable bonds is 5. The fraction of sp³-hybridized carbons (Fsp3) is 0.318. The lowest BCUT2D eigenvalue weighted by atomic mass is 9.81. The maximum absolute atomic E-state index is 14.1. The zero-order chi connectivity index (χ0) is 22.2. The summed E-state index contributed by atoms with van der Waals surface area (Å²) in [5, 5.41) is 16.0. The predicted octanol–water partition coefficient (Wildman–Crippen LogP) is 3.38. The first-order valence-corrected chi connectivity index (χ1v) is 9.47. The summed E-state index contributed by atoms with van der Waals surface area (Å²) in [6.45, 7) is 8.78. The Kier molecular flexibility index (Phi) is 5.40. The smallest absolute Gasteiger partial charge is 0.255 e. The van der Waals surface area contributed by atoms with Gasteiger partial charge in [0.2, 0.25) is 0 Å². The topological polar surface area (TPSA) is 100 Å². The van der Waals surface area contributed by atoms with Gasteiger partial charge in [-0.25, -0.2) is 13.9 Å². The highest BCUT2D eigenvalue weighted by molar-refractivity contribution is 6.07. The number of nitrogens with zero attached hydrogens (tertiary/aromatic N) is 4. The minimum absolute atomic E-state index is 0.0796. The molecule has 0 saturated carbocycles. The van der Waals surface area contributed by atoms with Crippen molar-refractivity contribution in [2.24, 2.45) is 5.92 Å². The molecule has 1 N–H and O–H groups in total. The number of fused-ring (bicyclic) bond motifs is 1. The van der Waals surface area contributed by atoms with Crippen LogP contribution in [-0.4, -0.2) is 31.8 Å². The summed E-state index contributed by atoms with van der Waals surface area (Å²) in [4.78, 5) is 30.6. The van der Waals surface area contributed by atoms with Crippen molar-refractivity contribution in [2.75, 3.05) is 0 Å². The first kappa shape index (κ1) is 21.1. The number of aryl methyl sites for hydroxylation is 2. The third-order valence-corrected chi connectivity index (χ3v) is 5.44. The van der Waals surface area contributed by atoms with Gasteiger partial charge in [0.15, 0.2) is 11.4 Å². The second kappa shape index (κ2) is 7.67. The molecule has 1 aromatic carbocycles. The maximum Gasteiger partial charge on any atom is 0.255 e. The van der Waals surface area contributed by atoms with Crippen molar-refractivity contribution < 1.29 is 14.0 Å². The van der Waals surface area contributed by atoms with E-state index >= 15 is 0 Å². The number of Topliss-reactive ketones (excluding diaryl/α,β-unsaturated/α-hetero) is 1. The van der Waals surface area contributed by atoms with Crippen molar-refractivity contribution in [1.82, 2.24) is 19.9 Å². The van der Waals surface area contributed by atoms with Gasteiger partial charge in [-0.15, -0.1) is 0 Å². The average molecular weight is 407 g/mol. The van der Waals surface area contributed by atoms with Crippen molar-refractivity contribution in [1.29, 1.82) is 5.26 Å². The normalized spacial score (nSPS) is 13.1. The number of hydrogen-bond acceptors (Lipinski definition) is 5. The zero-order valence-electron chi connectivity index (χ0n) is 17.4. The molecule has 3 rings (SSSR count). The molecule has 0 spiro atoms. The summed E-state index contributed by atoms with van der Waals surface area (Å²) < 4.78 is 15.6. The molecule has 30 heavy (non-hydrogen) atoms. The van der Waals surface area contributed by atoms with Crippen molar-refractivity contribution >= 4 is 17.3 Å². The molecule has 0 aliphatic heterocycles. The summed E-state index contributed by atoms with van der Waals surface area (Å²) in [5.41, 5.74) is 0.900. The van der Waals surface area contributed by atoms with E-state index in [4.69, 9.17) is 5.26 Å². The quantitative estimate of drug-likeness (QED) is 0.654. The van der Waals surface area contributed by atoms with Crippen LogP contribution in [0.1, 0.15) is 58.4 Å². The van der Waals surface area contributed by atoms with E-state index in [1.807, 2.05) is 6.92 Å². The summed E-state index contributed by atoms with van der Waals surface area (Å²) in [7, 11) is 0. The number of amides is 1. The molecule has 0 bridgehead atoms. The van der Waals surface area contributed by atoms with Crippen LogP contribution >= 0.6 is 0 Å². The lowest BCUT2D eigenvalue weighted by Gasteiger charge is -2.33. The third-order valence-electron chi connectivity index (χ3n) is 5.44. The van der Waals surface area contributed by atoms with E-state index in [0.29, 0.717) is 11.3 Å². The van der Waals surface area contributed by atoms with E-state index in [9.17, 15) is 14.0 Å². The molecule has 0 saturated heterocycles. The molecular weight excluding hydrogens is 385 g/mol. The van der Waals surface area contributed by atoms with E-state index < -0.39 is 23.0 Å². The lowest BCUT2D eigenvalue weighted by Crippen LogP contribution is -2.56. The molecule has 3 aromatic rings. The Hall–Kier alpha value is -3.60. The lowest BCUT2D eigenvalue weighted by molar-refractivity contribution is 0.0729. The maximum atomic E-state index is 14.1. The fourth-order valence-corrected chi connectivity index (χ4v) is 3.20. The van der Waals surface area contributed by atoms with E-state index in [2.05, 4.69) is 15.4 Å². The summed E-state index contributed by atoms with van der Waals surface area (Å²) >= 11 is 0. The molecular formula is C22H22FN5O2. The first-order chi connectivity index (χ1) is 14.1. The Morgan fingerprint density at radius 3 is 2.57 bits per heavy atom. The minimum atomic E-state index is -1.31. The van der Waals surface area contributed by atoms with Crippen LogP contribution in [0.5, 0.6) is 0 Å². The Morgan fingerprint density at radius 2 is 1.97 bits per heavy atom. The van der Waals surface area contributed by atoms with Crippen molar-refractivity contribution in [3.8, 4) is 6.07 Å². The molecule has 2 heterocycles. The van der Waals surface area contributed by atoms with Crippen LogP contribution in [0.15, 0.2) is 30.5 Å². The molecule has 1 atom stereocenters. The van der Waals surface area contributed by atoms with E-state index in [1.165, 1.54) is 18.3 Å². The molecule has 7 nitrogen and oxygen atoms in total. The average Bonchev–Trinajstić information content (AvgIpc) is 3.08. The number of benzene rings is 1. The monoisotopic (exact) mass is 407 g/mol. The molecule has 0 aliphatic rings. The highest BCUT2D eigenvalue weighted by atomic mass is 19.1. The number of carbonyl (C=O) groups excluding carboxylic acids is 2. The van der Waals surface area contributed by atoms with Crippen LogP contribution in [0.3, 0.4) is 0 Å². The van der Waals surface area contributed by atoms with Crippen LogP contribution < -0.4 is 5.32 Å². The third kappa shape index (κ3) is 3.54. The van der Waals surface area contributed by atoms with Gasteiger partial charge in [0.25, 0.3) is 5.91 Å². The van der Waals surface area contributed by atoms with Gasteiger partial charge in [-0.1, -0.05) is 13.8 Å². The Balaban J connectivity index is 1.97. The minimum Gasteiger partial charge on any atom is -0.339 e. The molecule has 0 fully saturated rings. The highest BCUT2D eigenvalue weighted by Gasteiger charge is 2.39. The Labute approximate surface area is 173 Å². The Bertz CT molecular complexity index is 1210. The molecule has 0 aliphatic carbocycles. The zero-order valence-corrected chi connectivity index (χ0v) is 17.4. The van der Waals surface area contributed by atoms with Crippen molar-refractivity contribution in [2.45, 2.75) is 40.2 Å². The van der Waals surface area contributed by atoms with E-state index in [0.717, 1.165) is 11.8 Å². The van der Waals surface area contributed by atoms with Gasteiger partial charge in [-0.2, -0.15) is 10.4 Å². The highest BCUT2D eigenvalue weighted by Crippen LogP contribution is 2.24. The number of carbonyl (C=O) groups is 2. The largest absolute Gasteiger partial charge is 0.339 e. The van der Waals surface area contributed by atoms with Crippen LogP contribution in [-0.2, 0) is 0 Å². The van der Waals surface area contributed by atoms with Gasteiger partial charge in [-0.3, -0.25) is 9.59 Å². The van der Waals surface area contributed by atoms with E-state index in [-0.39, 0.29) is 22.6 Å². The van der Waals surface area contributed by atoms with Gasteiger partial charge in [-0.05, 0) is 44.9 Å². The molecule has 0 radical (unpaired) electrons. The first-order valence-electron chi connectivity index (χ1n) is 9.47. The standard InChI is InChI=1S/C22H22FN5O2/c1-12(2)22(5,20(29)15-6-7-16(10-24)18(23)9-15)26-21(30)17-11-25-19-8-13(3)27-28(19)14(17)4/h6-9,11-12H,1-5H3,(H,26,30). The molecule has 8 heteroatoms. The van der Waals surface area contributed by atoms with Crippen LogP contribution in [0.25, 0.3) is 5.65 Å². The number of aromatic nitrogens is 3. The van der Waals surface area contributed by atoms with Gasteiger partial charge < -0.3 is 5.32 Å². The van der Waals surface area contributed by atoms with Crippen LogP contribution in [0, 0.1) is 36.9 Å². The van der Waals surface area contributed by atoms with E-state index in [1.54, 1.807) is 44.3 Å². The number of halogens is 1. The molecule has 154 valence electrons. The summed E-state index contributed by atoms with van der Waals surface area (Å²) in [5.74, 6) is -2.00. The number of nitrogens with one attached hydrogen (secondary N) is 1. The van der Waals surface area contributed by atoms with Gasteiger partial charge in [0, 0.05) is 17.8 Å². The van der Waals surface area contributed by atoms with Gasteiger partial charge in [0.1, 0.15) is 17.4 Å². The Morgan fingerprint density at radius 1 is 1.27 bits per heavy atom. The second-order valence-electron chi connectivity index (χ2n) is 7.76. The molecule has 1 amide bonds. The summed E-state index contributed by atoms with van der Waals surface area (Å²) in [6, 6.07) is 7.20. The van der Waals surface area contributed by atoms with Crippen LogP contribution in [0.2, 0.25) is 0 Å². The predicted molar refractivity (Wildman–Crippen MR) is 109 cm³/mol. The van der Waals surface area contributed by atoms with Crippen molar-refractivity contribution in [3.63, 3.8) is 0 Å². The molecule has 2 aromatic heterocycles. The van der Waals surface area contributed by atoms with Gasteiger partial charge >= 0.3 is 0 Å². The summed E-state index contributed by atoms with van der Waals surface area (Å²) in [6.07, 6.45) is 1.45. The SMILES string of the molecule is Cc1cc2ncc(C(=O)NC(C)(C(=O)c3ccc(C#N)c(F)c3)C(C)C)c(C)n2n1. The fourth-order valence-electron chi connectivity index (χ4n) is 3.20. The number of ketones is 1. The van der Waals surface area contributed by atoms with Gasteiger partial charge in [0.05, 0.1) is 22.5 Å². The molecule has 1 unspecified atom stereocenters. The number of hydrogen-bond donors (Lipinski definition) is 1. The number of nitriles is 1. The second-order valence-corrected chi connectivity index (χ2v) is 7.76. The van der Waals surface area contributed by atoms with Crippen molar-refractivity contribution in [3.05, 3.63) is 64.4 Å².